The van der Waals surface area contributed by atoms with Gasteiger partial charge in [-0.25, -0.2) is 9.78 Å². The van der Waals surface area contributed by atoms with Gasteiger partial charge < -0.3 is 15.8 Å². The van der Waals surface area contributed by atoms with Crippen LogP contribution >= 0.6 is 0 Å². The molecule has 1 aromatic heterocycles. The zero-order valence-corrected chi connectivity index (χ0v) is 9.49. The number of hydrogen-bond donors (Lipinski definition) is 2. The lowest BCUT2D eigenvalue weighted by Crippen LogP contribution is -2.31. The third kappa shape index (κ3) is 4.89. The normalized spacial score (nSPS) is 12.9. The molecule has 18 heavy (non-hydrogen) atoms. The number of nitrogens with two attached hydrogens (primary N) is 1. The first-order chi connectivity index (χ1) is 8.28. The Balaban J connectivity index is 2.70. The van der Waals surface area contributed by atoms with E-state index in [9.17, 15) is 18.0 Å². The van der Waals surface area contributed by atoms with Crippen LogP contribution in [0.3, 0.4) is 0 Å². The number of aromatic nitrogens is 1. The highest BCUT2D eigenvalue weighted by molar-refractivity contribution is 5.72. The molecule has 0 spiro atoms. The molecule has 0 aliphatic rings. The number of hydrogen-bond acceptors (Lipinski definition) is 3. The minimum atomic E-state index is -4.42. The molecule has 0 aromatic carbocycles. The molecule has 0 radical (unpaired) electrons. The van der Waals surface area contributed by atoms with E-state index in [1.807, 2.05) is 0 Å². The maximum Gasteiger partial charge on any atom is 0.422 e. The number of nitrogens with one attached hydrogen (secondary N) is 1. The first-order valence-electron chi connectivity index (χ1n) is 4.99. The van der Waals surface area contributed by atoms with Gasteiger partial charge in [-0.3, -0.25) is 0 Å². The van der Waals surface area contributed by atoms with Crippen LogP contribution in [0.15, 0.2) is 18.3 Å². The van der Waals surface area contributed by atoms with Gasteiger partial charge in [-0.15, -0.1) is 0 Å². The molecule has 8 heteroatoms. The van der Waals surface area contributed by atoms with Gasteiger partial charge in [-0.1, -0.05) is 0 Å². The van der Waals surface area contributed by atoms with E-state index in [-0.39, 0.29) is 5.88 Å². The molecule has 1 heterocycles. The van der Waals surface area contributed by atoms with Gasteiger partial charge in [0.15, 0.2) is 6.61 Å². The fourth-order valence-corrected chi connectivity index (χ4v) is 1.23. The van der Waals surface area contributed by atoms with E-state index in [4.69, 9.17) is 5.73 Å². The molecular formula is C10H12F3N3O2. The molecule has 0 saturated carbocycles. The third-order valence-electron chi connectivity index (χ3n) is 2.00. The summed E-state index contributed by atoms with van der Waals surface area (Å²) in [6.45, 7) is 0.217. The van der Waals surface area contributed by atoms with Crippen molar-refractivity contribution in [2.24, 2.45) is 5.73 Å². The van der Waals surface area contributed by atoms with Gasteiger partial charge in [0.25, 0.3) is 0 Å². The topological polar surface area (TPSA) is 77.2 Å². The Morgan fingerprint density at radius 1 is 1.61 bits per heavy atom. The van der Waals surface area contributed by atoms with Gasteiger partial charge in [-0.05, 0) is 18.6 Å². The third-order valence-corrected chi connectivity index (χ3v) is 2.00. The minimum absolute atomic E-state index is 0.164. The van der Waals surface area contributed by atoms with Gasteiger partial charge >= 0.3 is 12.2 Å². The quantitative estimate of drug-likeness (QED) is 0.868. The lowest BCUT2D eigenvalue weighted by atomic mass is 10.1. The minimum Gasteiger partial charge on any atom is -0.468 e. The monoisotopic (exact) mass is 263 g/mol. The fraction of sp³-hybridized carbons (Fsp3) is 0.400. The number of rotatable bonds is 4. The van der Waals surface area contributed by atoms with E-state index in [0.717, 1.165) is 0 Å². The van der Waals surface area contributed by atoms with Crippen molar-refractivity contribution in [2.45, 2.75) is 19.1 Å². The number of amides is 2. The Kier molecular flexibility index (Phi) is 4.35. The van der Waals surface area contributed by atoms with Crippen LogP contribution in [-0.4, -0.2) is 23.8 Å². The van der Waals surface area contributed by atoms with Crippen molar-refractivity contribution in [1.82, 2.24) is 10.3 Å². The summed E-state index contributed by atoms with van der Waals surface area (Å²) in [5.41, 5.74) is 5.48. The van der Waals surface area contributed by atoms with E-state index < -0.39 is 24.9 Å². The number of carbonyl (C=O) groups excluding carboxylic acids is 1. The van der Waals surface area contributed by atoms with Crippen molar-refractivity contribution in [3.8, 4) is 5.88 Å². The van der Waals surface area contributed by atoms with Gasteiger partial charge in [-0.2, -0.15) is 13.2 Å². The number of ether oxygens (including phenoxy) is 1. The van der Waals surface area contributed by atoms with Gasteiger partial charge in [0.2, 0.25) is 5.88 Å². The van der Waals surface area contributed by atoms with Crippen LogP contribution in [0, 0.1) is 0 Å². The second-order valence-electron chi connectivity index (χ2n) is 3.56. The first kappa shape index (κ1) is 14.1. The maximum absolute atomic E-state index is 11.9. The van der Waals surface area contributed by atoms with Crippen LogP contribution in [0.1, 0.15) is 18.5 Å². The van der Waals surface area contributed by atoms with Crippen LogP contribution in [0.4, 0.5) is 18.0 Å². The molecule has 1 aromatic rings. The van der Waals surface area contributed by atoms with Crippen LogP contribution in [0.25, 0.3) is 0 Å². The smallest absolute Gasteiger partial charge is 0.422 e. The summed E-state index contributed by atoms with van der Waals surface area (Å²) in [6, 6.07) is 1.68. The molecule has 0 aliphatic carbocycles. The molecule has 5 nitrogen and oxygen atoms in total. The van der Waals surface area contributed by atoms with Crippen molar-refractivity contribution in [3.05, 3.63) is 23.9 Å². The van der Waals surface area contributed by atoms with Gasteiger partial charge in [0.1, 0.15) is 0 Å². The SMILES string of the molecule is C[C@H](NC(N)=O)c1ccnc(OCC(F)(F)F)c1. The van der Waals surface area contributed by atoms with E-state index in [1.165, 1.54) is 12.3 Å². The van der Waals surface area contributed by atoms with E-state index >= 15 is 0 Å². The van der Waals surface area contributed by atoms with E-state index in [2.05, 4.69) is 15.0 Å². The average molecular weight is 263 g/mol. The summed E-state index contributed by atoms with van der Waals surface area (Å²) in [5.74, 6) is -0.164. The molecule has 1 atom stereocenters. The fourth-order valence-electron chi connectivity index (χ4n) is 1.23. The summed E-state index contributed by atoms with van der Waals surface area (Å²) in [7, 11) is 0. The number of alkyl halides is 3. The number of halogens is 3. The summed E-state index contributed by atoms with van der Waals surface area (Å²) in [4.78, 5) is 14.3. The Hall–Kier alpha value is -1.99. The molecule has 100 valence electrons. The van der Waals surface area contributed by atoms with Crippen LogP contribution < -0.4 is 15.8 Å². The summed E-state index contributed by atoms with van der Waals surface area (Å²) in [5, 5.41) is 2.39. The van der Waals surface area contributed by atoms with Crippen LogP contribution in [-0.2, 0) is 0 Å². The molecule has 1 rings (SSSR count). The highest BCUT2D eigenvalue weighted by atomic mass is 19.4. The number of carbonyl (C=O) groups is 1. The molecule has 3 N–H and O–H groups in total. The summed E-state index contributed by atoms with van der Waals surface area (Å²) in [6.07, 6.45) is -3.13. The number of urea groups is 1. The van der Waals surface area contributed by atoms with Crippen molar-refractivity contribution >= 4 is 6.03 Å². The molecule has 0 bridgehead atoms. The molecule has 0 unspecified atom stereocenters. The highest BCUT2D eigenvalue weighted by Crippen LogP contribution is 2.19. The maximum atomic E-state index is 11.9. The Morgan fingerprint density at radius 3 is 2.83 bits per heavy atom. The number of pyridine rings is 1. The molecular weight excluding hydrogens is 251 g/mol. The predicted octanol–water partition coefficient (Wildman–Crippen LogP) is 1.75. The van der Waals surface area contributed by atoms with Gasteiger partial charge in [0.05, 0.1) is 6.04 Å². The second kappa shape index (κ2) is 5.56. The first-order valence-corrected chi connectivity index (χ1v) is 4.99. The molecule has 0 aliphatic heterocycles. The Bertz CT molecular complexity index is 423. The lowest BCUT2D eigenvalue weighted by Gasteiger charge is -2.14. The molecule has 0 saturated heterocycles. The molecule has 0 fully saturated rings. The summed E-state index contributed by atoms with van der Waals surface area (Å²) < 4.78 is 40.3. The molecule has 2 amide bonds. The highest BCUT2D eigenvalue weighted by Gasteiger charge is 2.28. The second-order valence-corrected chi connectivity index (χ2v) is 3.56. The Morgan fingerprint density at radius 2 is 2.28 bits per heavy atom. The largest absolute Gasteiger partial charge is 0.468 e. The van der Waals surface area contributed by atoms with Crippen molar-refractivity contribution < 1.29 is 22.7 Å². The average Bonchev–Trinajstić information content (AvgIpc) is 2.25. The predicted molar refractivity (Wildman–Crippen MR) is 56.9 cm³/mol. The lowest BCUT2D eigenvalue weighted by molar-refractivity contribution is -0.154. The van der Waals surface area contributed by atoms with E-state index in [0.29, 0.717) is 5.56 Å². The zero-order chi connectivity index (χ0) is 13.8. The Labute approximate surface area is 101 Å². The van der Waals surface area contributed by atoms with Crippen molar-refractivity contribution in [2.75, 3.05) is 6.61 Å². The van der Waals surface area contributed by atoms with Crippen LogP contribution in [0.5, 0.6) is 5.88 Å². The summed E-state index contributed by atoms with van der Waals surface area (Å²) >= 11 is 0. The van der Waals surface area contributed by atoms with Crippen molar-refractivity contribution in [1.29, 1.82) is 0 Å². The number of nitrogens with zero attached hydrogens (tertiary/aromatic N) is 1. The van der Waals surface area contributed by atoms with Crippen molar-refractivity contribution in [3.63, 3.8) is 0 Å². The van der Waals surface area contributed by atoms with Crippen LogP contribution in [0.2, 0.25) is 0 Å². The zero-order valence-electron chi connectivity index (χ0n) is 9.49. The van der Waals surface area contributed by atoms with Gasteiger partial charge in [0, 0.05) is 12.3 Å². The number of primary amides is 1. The standard InChI is InChI=1S/C10H12F3N3O2/c1-6(16-9(14)17)7-2-3-15-8(4-7)18-5-10(11,12)13/h2-4,6H,5H2,1H3,(H3,14,16,17)/t6-/m0/s1. The van der Waals surface area contributed by atoms with E-state index in [1.54, 1.807) is 13.0 Å².